The van der Waals surface area contributed by atoms with Crippen LogP contribution in [0, 0.1) is 0 Å². The van der Waals surface area contributed by atoms with Gasteiger partial charge < -0.3 is 14.5 Å². The van der Waals surface area contributed by atoms with Gasteiger partial charge in [-0.15, -0.1) is 0 Å². The molecule has 1 aliphatic heterocycles. The number of carbonyl (C=O) groups is 1. The van der Waals surface area contributed by atoms with Crippen molar-refractivity contribution in [2.75, 3.05) is 29.8 Å². The van der Waals surface area contributed by atoms with E-state index in [0.29, 0.717) is 29.9 Å². The molecule has 1 saturated heterocycles. The van der Waals surface area contributed by atoms with Crippen molar-refractivity contribution in [3.05, 3.63) is 90.6 Å². The van der Waals surface area contributed by atoms with Gasteiger partial charge in [0, 0.05) is 48.0 Å². The molecular formula is C29H30N4O4S. The summed E-state index contributed by atoms with van der Waals surface area (Å²) in [6.07, 6.45) is 1.57. The number of fused-ring (bicyclic) bond motifs is 1. The molecule has 0 radical (unpaired) electrons. The molecule has 2 atom stereocenters. The quantitative estimate of drug-likeness (QED) is 0.386. The van der Waals surface area contributed by atoms with Crippen molar-refractivity contribution in [2.24, 2.45) is 0 Å². The van der Waals surface area contributed by atoms with E-state index >= 15 is 0 Å². The van der Waals surface area contributed by atoms with Crippen LogP contribution >= 0.6 is 0 Å². The van der Waals surface area contributed by atoms with Crippen LogP contribution in [0.3, 0.4) is 0 Å². The highest BCUT2D eigenvalue weighted by Crippen LogP contribution is 2.31. The van der Waals surface area contributed by atoms with Crippen LogP contribution < -0.4 is 14.4 Å². The molecule has 1 amide bonds. The Kier molecular flexibility index (Phi) is 6.94. The van der Waals surface area contributed by atoms with E-state index in [4.69, 9.17) is 4.74 Å². The average molecular weight is 531 g/mol. The number of nitrogens with zero attached hydrogens (tertiary/aromatic N) is 3. The highest BCUT2D eigenvalue weighted by molar-refractivity contribution is 7.93. The number of hydrogen-bond donors (Lipinski definition) is 1. The second-order valence-corrected chi connectivity index (χ2v) is 11.2. The molecule has 2 heterocycles. The van der Waals surface area contributed by atoms with Gasteiger partial charge in [0.05, 0.1) is 18.3 Å². The maximum atomic E-state index is 13.5. The zero-order valence-corrected chi connectivity index (χ0v) is 22.4. The molecule has 3 aromatic carbocycles. The molecule has 0 spiro atoms. The van der Waals surface area contributed by atoms with Gasteiger partial charge in [-0.2, -0.15) is 0 Å². The molecule has 4 aromatic rings. The van der Waals surface area contributed by atoms with Crippen LogP contribution in [0.15, 0.2) is 90.0 Å². The molecule has 1 fully saturated rings. The number of aromatic nitrogens is 1. The van der Waals surface area contributed by atoms with Crippen molar-refractivity contribution in [1.29, 1.82) is 0 Å². The fraction of sp³-hybridized carbons (Fsp3) is 0.241. The summed E-state index contributed by atoms with van der Waals surface area (Å²) in [4.78, 5) is 22.0. The van der Waals surface area contributed by atoms with Crippen molar-refractivity contribution >= 4 is 38.2 Å². The summed E-state index contributed by atoms with van der Waals surface area (Å²) in [5.74, 6) is 0.723. The lowest BCUT2D eigenvalue weighted by Crippen LogP contribution is -2.58. The summed E-state index contributed by atoms with van der Waals surface area (Å²) in [5, 5.41) is 0.741. The number of pyridine rings is 1. The van der Waals surface area contributed by atoms with Crippen molar-refractivity contribution < 1.29 is 17.9 Å². The number of anilines is 2. The predicted octanol–water partition coefficient (Wildman–Crippen LogP) is 4.78. The highest BCUT2D eigenvalue weighted by Gasteiger charge is 2.34. The third kappa shape index (κ3) is 4.89. The van der Waals surface area contributed by atoms with Gasteiger partial charge in [0.2, 0.25) is 0 Å². The lowest BCUT2D eigenvalue weighted by atomic mass is 10.0. The Hall–Kier alpha value is -4.11. The first kappa shape index (κ1) is 25.5. The highest BCUT2D eigenvalue weighted by atomic mass is 32.2. The normalized spacial score (nSPS) is 17.9. The minimum atomic E-state index is -3.87. The van der Waals surface area contributed by atoms with Gasteiger partial charge in [-0.25, -0.2) is 8.42 Å². The molecule has 1 N–H and O–H groups in total. The molecule has 0 aliphatic carbocycles. The predicted molar refractivity (Wildman–Crippen MR) is 149 cm³/mol. The van der Waals surface area contributed by atoms with E-state index in [2.05, 4.69) is 14.6 Å². The molecule has 8 nitrogen and oxygen atoms in total. The number of carbonyl (C=O) groups excluding carboxylic acids is 1. The molecule has 5 rings (SSSR count). The van der Waals surface area contributed by atoms with Crippen LogP contribution in [0.1, 0.15) is 24.2 Å². The summed E-state index contributed by atoms with van der Waals surface area (Å²) in [6, 6.07) is 23.0. The minimum Gasteiger partial charge on any atom is -0.495 e. The van der Waals surface area contributed by atoms with Crippen LogP contribution in [0.4, 0.5) is 11.4 Å². The number of piperazine rings is 1. The average Bonchev–Trinajstić information content (AvgIpc) is 2.92. The van der Waals surface area contributed by atoms with Crippen molar-refractivity contribution in [2.45, 2.75) is 30.8 Å². The first-order valence-corrected chi connectivity index (χ1v) is 13.9. The lowest BCUT2D eigenvalue weighted by molar-refractivity contribution is 0.0574. The van der Waals surface area contributed by atoms with Gasteiger partial charge in [0.15, 0.2) is 0 Å². The second kappa shape index (κ2) is 10.3. The largest absolute Gasteiger partial charge is 0.495 e. The fourth-order valence-electron chi connectivity index (χ4n) is 5.14. The number of rotatable bonds is 6. The third-order valence-electron chi connectivity index (χ3n) is 6.85. The minimum absolute atomic E-state index is 0.0341. The number of amides is 1. The standard InChI is InChI=1S/C29H30N4O4S/c1-20-18-32(25-10-4-5-11-26(25)37-3)19-21(2)33(20)29(34)23-13-15-24(16-14-23)31-38(35,36)27-12-6-8-22-9-7-17-30-28(22)27/h4-17,20-21,31H,18-19H2,1-3H3. The molecular weight excluding hydrogens is 500 g/mol. The summed E-state index contributed by atoms with van der Waals surface area (Å²) in [6.45, 7) is 5.42. The van der Waals surface area contributed by atoms with E-state index in [9.17, 15) is 13.2 Å². The Balaban J connectivity index is 1.31. The molecule has 2 unspecified atom stereocenters. The second-order valence-electron chi connectivity index (χ2n) is 9.50. The monoisotopic (exact) mass is 530 g/mol. The van der Waals surface area contributed by atoms with E-state index in [-0.39, 0.29) is 22.9 Å². The Labute approximate surface area is 222 Å². The Morgan fingerprint density at radius 1 is 0.921 bits per heavy atom. The fourth-order valence-corrected chi connectivity index (χ4v) is 6.38. The van der Waals surface area contributed by atoms with Gasteiger partial charge >= 0.3 is 0 Å². The smallest absolute Gasteiger partial charge is 0.264 e. The van der Waals surface area contributed by atoms with Crippen molar-refractivity contribution in [3.63, 3.8) is 0 Å². The van der Waals surface area contributed by atoms with Crippen LogP contribution in [0.5, 0.6) is 5.75 Å². The molecule has 38 heavy (non-hydrogen) atoms. The van der Waals surface area contributed by atoms with E-state index in [1.54, 1.807) is 49.7 Å². The Morgan fingerprint density at radius 3 is 2.32 bits per heavy atom. The molecule has 9 heteroatoms. The summed E-state index contributed by atoms with van der Waals surface area (Å²) in [7, 11) is -2.21. The number of benzene rings is 3. The van der Waals surface area contributed by atoms with Gasteiger partial charge in [0.1, 0.15) is 10.6 Å². The van der Waals surface area contributed by atoms with E-state index in [1.807, 2.05) is 55.1 Å². The molecule has 196 valence electrons. The van der Waals surface area contributed by atoms with E-state index in [1.165, 1.54) is 6.07 Å². The van der Waals surface area contributed by atoms with Gasteiger partial charge in [-0.05, 0) is 62.4 Å². The number of sulfonamides is 1. The Morgan fingerprint density at radius 2 is 1.61 bits per heavy atom. The summed E-state index contributed by atoms with van der Waals surface area (Å²) >= 11 is 0. The first-order chi connectivity index (χ1) is 18.3. The maximum absolute atomic E-state index is 13.5. The number of methoxy groups -OCH3 is 1. The lowest BCUT2D eigenvalue weighted by Gasteiger charge is -2.45. The molecule has 1 aromatic heterocycles. The molecule has 1 aliphatic rings. The van der Waals surface area contributed by atoms with Gasteiger partial charge in [-0.1, -0.05) is 30.3 Å². The third-order valence-corrected chi connectivity index (χ3v) is 8.26. The number of ether oxygens (including phenoxy) is 1. The first-order valence-electron chi connectivity index (χ1n) is 12.5. The SMILES string of the molecule is COc1ccccc1N1CC(C)N(C(=O)c2ccc(NS(=O)(=O)c3cccc4cccnc34)cc2)C(C)C1. The van der Waals surface area contributed by atoms with Gasteiger partial charge in [0.25, 0.3) is 15.9 Å². The number of hydrogen-bond acceptors (Lipinski definition) is 6. The zero-order valence-electron chi connectivity index (χ0n) is 21.5. The van der Waals surface area contributed by atoms with E-state index in [0.717, 1.165) is 16.8 Å². The topological polar surface area (TPSA) is 91.8 Å². The summed E-state index contributed by atoms with van der Waals surface area (Å²) < 4.78 is 34.4. The van der Waals surface area contributed by atoms with Crippen LogP contribution in [0.25, 0.3) is 10.9 Å². The van der Waals surface area contributed by atoms with E-state index < -0.39 is 10.0 Å². The van der Waals surface area contributed by atoms with Crippen LogP contribution in [0.2, 0.25) is 0 Å². The molecule has 0 bridgehead atoms. The summed E-state index contributed by atoms with van der Waals surface area (Å²) in [5.41, 5.74) is 2.30. The van der Waals surface area contributed by atoms with Crippen molar-refractivity contribution in [1.82, 2.24) is 9.88 Å². The van der Waals surface area contributed by atoms with Crippen molar-refractivity contribution in [3.8, 4) is 5.75 Å². The van der Waals surface area contributed by atoms with Crippen LogP contribution in [-0.2, 0) is 10.0 Å². The maximum Gasteiger partial charge on any atom is 0.264 e. The van der Waals surface area contributed by atoms with Crippen LogP contribution in [-0.4, -0.2) is 56.5 Å². The Bertz CT molecular complexity index is 1560. The zero-order chi connectivity index (χ0) is 26.9. The van der Waals surface area contributed by atoms with Gasteiger partial charge in [-0.3, -0.25) is 14.5 Å². The molecule has 0 saturated carbocycles. The number of nitrogens with one attached hydrogen (secondary N) is 1. The number of para-hydroxylation sites is 3.